The lowest BCUT2D eigenvalue weighted by molar-refractivity contribution is -0.124. The van der Waals surface area contributed by atoms with Crippen LogP contribution in [0.4, 0.5) is 0 Å². The molecule has 0 aliphatic rings. The molecule has 0 heterocycles. The van der Waals surface area contributed by atoms with Crippen LogP contribution in [0.25, 0.3) is 0 Å². The molecule has 12 heavy (non-hydrogen) atoms. The first kappa shape index (κ1) is 10.9. The van der Waals surface area contributed by atoms with E-state index in [1.165, 1.54) is 6.21 Å². The maximum atomic E-state index is 11.2. The van der Waals surface area contributed by atoms with Gasteiger partial charge in [-0.05, 0) is 5.41 Å². The van der Waals surface area contributed by atoms with E-state index in [1.54, 1.807) is 7.05 Å². The maximum absolute atomic E-state index is 11.2. The summed E-state index contributed by atoms with van der Waals surface area (Å²) in [6.07, 6.45) is 1.25. The molecule has 0 saturated heterocycles. The second-order valence-electron chi connectivity index (χ2n) is 3.72. The molecule has 1 amide bonds. The Morgan fingerprint density at radius 1 is 1.58 bits per heavy atom. The minimum Gasteiger partial charge on any atom is -0.411 e. The summed E-state index contributed by atoms with van der Waals surface area (Å²) in [6, 6.07) is 0. The van der Waals surface area contributed by atoms with E-state index in [2.05, 4.69) is 10.5 Å². The van der Waals surface area contributed by atoms with Gasteiger partial charge in [0, 0.05) is 7.05 Å². The van der Waals surface area contributed by atoms with E-state index in [9.17, 15) is 4.79 Å². The van der Waals surface area contributed by atoms with Crippen LogP contribution in [0.15, 0.2) is 5.16 Å². The molecule has 0 aromatic heterocycles. The van der Waals surface area contributed by atoms with E-state index < -0.39 is 5.92 Å². The Bertz CT molecular complexity index is 182. The third kappa shape index (κ3) is 2.90. The number of hydrogen-bond acceptors (Lipinski definition) is 3. The zero-order chi connectivity index (χ0) is 9.78. The zero-order valence-corrected chi connectivity index (χ0v) is 7.96. The molecule has 0 fully saturated rings. The van der Waals surface area contributed by atoms with Crippen molar-refractivity contribution in [2.45, 2.75) is 20.8 Å². The van der Waals surface area contributed by atoms with Crippen LogP contribution >= 0.6 is 0 Å². The third-order valence-corrected chi connectivity index (χ3v) is 1.68. The van der Waals surface area contributed by atoms with Crippen LogP contribution in [-0.4, -0.2) is 24.4 Å². The molecule has 0 aromatic carbocycles. The molecule has 0 bridgehead atoms. The Balaban J connectivity index is 4.55. The standard InChI is InChI=1S/C8H16N2O2/c1-8(2,3)6(5-10-12)7(11)9-4/h5-6,12H,1-4H3,(H,9,11). The van der Waals surface area contributed by atoms with Gasteiger partial charge >= 0.3 is 0 Å². The largest absolute Gasteiger partial charge is 0.411 e. The lowest BCUT2D eigenvalue weighted by Crippen LogP contribution is -2.37. The molecule has 0 aliphatic carbocycles. The quantitative estimate of drug-likeness (QED) is 0.368. The number of nitrogens with zero attached hydrogens (tertiary/aromatic N) is 1. The molecule has 4 heteroatoms. The number of rotatable bonds is 2. The second kappa shape index (κ2) is 4.09. The minimum absolute atomic E-state index is 0.139. The van der Waals surface area contributed by atoms with Gasteiger partial charge in [0.2, 0.25) is 5.91 Å². The average molecular weight is 172 g/mol. The smallest absolute Gasteiger partial charge is 0.228 e. The third-order valence-electron chi connectivity index (χ3n) is 1.68. The molecule has 2 N–H and O–H groups in total. The molecule has 0 aliphatic heterocycles. The predicted molar refractivity (Wildman–Crippen MR) is 47.3 cm³/mol. The summed E-state index contributed by atoms with van der Waals surface area (Å²) < 4.78 is 0. The van der Waals surface area contributed by atoms with Crippen LogP contribution < -0.4 is 5.32 Å². The maximum Gasteiger partial charge on any atom is 0.228 e. The summed E-state index contributed by atoms with van der Waals surface area (Å²) >= 11 is 0. The van der Waals surface area contributed by atoms with Gasteiger partial charge in [-0.2, -0.15) is 0 Å². The fourth-order valence-electron chi connectivity index (χ4n) is 0.907. The SMILES string of the molecule is CNC(=O)C(C=NO)C(C)(C)C. The van der Waals surface area contributed by atoms with Crippen molar-refractivity contribution in [1.82, 2.24) is 5.32 Å². The van der Waals surface area contributed by atoms with Gasteiger partial charge in [-0.3, -0.25) is 4.79 Å². The van der Waals surface area contributed by atoms with Crippen LogP contribution in [0.1, 0.15) is 20.8 Å². The Kier molecular flexibility index (Phi) is 3.73. The molecule has 0 aromatic rings. The molecular formula is C8H16N2O2. The summed E-state index contributed by atoms with van der Waals surface area (Å²) in [5.41, 5.74) is -0.230. The van der Waals surface area contributed by atoms with Crippen molar-refractivity contribution in [2.24, 2.45) is 16.5 Å². The summed E-state index contributed by atoms with van der Waals surface area (Å²) in [7, 11) is 1.56. The van der Waals surface area contributed by atoms with Gasteiger partial charge in [0.05, 0.1) is 12.1 Å². The number of oxime groups is 1. The van der Waals surface area contributed by atoms with Crippen LogP contribution in [-0.2, 0) is 4.79 Å². The van der Waals surface area contributed by atoms with Gasteiger partial charge in [-0.15, -0.1) is 5.16 Å². The topological polar surface area (TPSA) is 61.7 Å². The first-order valence-electron chi connectivity index (χ1n) is 3.82. The van der Waals surface area contributed by atoms with Gasteiger partial charge in [0.15, 0.2) is 0 Å². The van der Waals surface area contributed by atoms with Gasteiger partial charge < -0.3 is 10.5 Å². The zero-order valence-electron chi connectivity index (χ0n) is 7.96. The first-order chi connectivity index (χ1) is 5.43. The van der Waals surface area contributed by atoms with Gasteiger partial charge in [0.1, 0.15) is 0 Å². The molecule has 0 radical (unpaired) electrons. The normalized spacial score (nSPS) is 14.7. The highest BCUT2D eigenvalue weighted by molar-refractivity contribution is 5.93. The fourth-order valence-corrected chi connectivity index (χ4v) is 0.907. The van der Waals surface area contributed by atoms with Gasteiger partial charge in [-0.1, -0.05) is 20.8 Å². The molecule has 1 unspecified atom stereocenters. The summed E-state index contributed by atoms with van der Waals surface area (Å²) in [5.74, 6) is -0.534. The Morgan fingerprint density at radius 2 is 2.08 bits per heavy atom. The van der Waals surface area contributed by atoms with Crippen molar-refractivity contribution < 1.29 is 10.0 Å². The van der Waals surface area contributed by atoms with Crippen LogP contribution in [0.5, 0.6) is 0 Å². The Labute approximate surface area is 72.6 Å². The number of carbonyl (C=O) groups excluding carboxylic acids is 1. The number of hydrogen-bond donors (Lipinski definition) is 2. The van der Waals surface area contributed by atoms with Gasteiger partial charge in [-0.25, -0.2) is 0 Å². The van der Waals surface area contributed by atoms with Crippen molar-refractivity contribution in [2.75, 3.05) is 7.05 Å². The highest BCUT2D eigenvalue weighted by Gasteiger charge is 2.29. The van der Waals surface area contributed by atoms with Crippen LogP contribution in [0.2, 0.25) is 0 Å². The molecule has 0 saturated carbocycles. The molecule has 0 spiro atoms. The lowest BCUT2D eigenvalue weighted by Gasteiger charge is -2.25. The fraction of sp³-hybridized carbons (Fsp3) is 0.750. The van der Waals surface area contributed by atoms with Crippen molar-refractivity contribution in [3.05, 3.63) is 0 Å². The Hall–Kier alpha value is -1.06. The average Bonchev–Trinajstić information content (AvgIpc) is 1.96. The lowest BCUT2D eigenvalue weighted by atomic mass is 9.81. The van der Waals surface area contributed by atoms with E-state index in [0.717, 1.165) is 0 Å². The highest BCUT2D eigenvalue weighted by Crippen LogP contribution is 2.24. The number of amides is 1. The van der Waals surface area contributed by atoms with Crippen LogP contribution in [0, 0.1) is 11.3 Å². The van der Waals surface area contributed by atoms with E-state index in [1.807, 2.05) is 20.8 Å². The number of carbonyl (C=O) groups is 1. The summed E-state index contributed by atoms with van der Waals surface area (Å²) in [4.78, 5) is 11.2. The van der Waals surface area contributed by atoms with Gasteiger partial charge in [0.25, 0.3) is 0 Å². The molecule has 4 nitrogen and oxygen atoms in total. The van der Waals surface area contributed by atoms with Crippen molar-refractivity contribution in [1.29, 1.82) is 0 Å². The number of nitrogens with one attached hydrogen (secondary N) is 1. The molecule has 1 atom stereocenters. The van der Waals surface area contributed by atoms with Crippen molar-refractivity contribution in [3.63, 3.8) is 0 Å². The summed E-state index contributed by atoms with van der Waals surface area (Å²) in [5, 5.41) is 13.7. The van der Waals surface area contributed by atoms with E-state index >= 15 is 0 Å². The van der Waals surface area contributed by atoms with Crippen molar-refractivity contribution in [3.8, 4) is 0 Å². The monoisotopic (exact) mass is 172 g/mol. The highest BCUT2D eigenvalue weighted by atomic mass is 16.4. The van der Waals surface area contributed by atoms with E-state index in [0.29, 0.717) is 0 Å². The minimum atomic E-state index is -0.396. The second-order valence-corrected chi connectivity index (χ2v) is 3.72. The van der Waals surface area contributed by atoms with E-state index in [4.69, 9.17) is 5.21 Å². The van der Waals surface area contributed by atoms with Crippen molar-refractivity contribution >= 4 is 12.1 Å². The van der Waals surface area contributed by atoms with E-state index in [-0.39, 0.29) is 11.3 Å². The first-order valence-corrected chi connectivity index (χ1v) is 3.82. The molecular weight excluding hydrogens is 156 g/mol. The van der Waals surface area contributed by atoms with Crippen LogP contribution in [0.3, 0.4) is 0 Å². The molecule has 0 rings (SSSR count). The summed E-state index contributed by atoms with van der Waals surface area (Å²) in [6.45, 7) is 5.73. The predicted octanol–water partition coefficient (Wildman–Crippen LogP) is 0.855. The Morgan fingerprint density at radius 3 is 2.33 bits per heavy atom. The molecule has 70 valence electrons.